The maximum Gasteiger partial charge on any atom is 0.341 e. The normalized spacial score (nSPS) is 19.9. The number of carbonyl (C=O) groups is 1. The van der Waals surface area contributed by atoms with Gasteiger partial charge in [0.15, 0.2) is 5.43 Å². The van der Waals surface area contributed by atoms with Crippen molar-refractivity contribution in [2.75, 3.05) is 26.9 Å². The molecule has 0 aliphatic carbocycles. The second-order valence-corrected chi connectivity index (χ2v) is 9.23. The fourth-order valence-corrected chi connectivity index (χ4v) is 5.16. The quantitative estimate of drug-likeness (QED) is 0.513. The maximum absolute atomic E-state index is 12.7. The molecule has 178 valence electrons. The molecule has 2 aromatic heterocycles. The van der Waals surface area contributed by atoms with Crippen molar-refractivity contribution in [2.45, 2.75) is 37.8 Å². The fraction of sp³-hybridized carbons (Fsp3) is 0.400. The zero-order valence-electron chi connectivity index (χ0n) is 19.3. The second-order valence-electron chi connectivity index (χ2n) is 9.23. The van der Waals surface area contributed by atoms with Crippen molar-refractivity contribution >= 4 is 5.97 Å². The minimum Gasteiger partial charge on any atom is -0.493 e. The van der Waals surface area contributed by atoms with Gasteiger partial charge in [0.2, 0.25) is 0 Å². The third-order valence-electron chi connectivity index (χ3n) is 6.72. The standard InChI is InChI=1S/C25H27N3O6/c1-25(2)23-19(13-34-25)16-8-22(33-6-4-5-32-3)15(14-10-26-27-11-14)7-17(16)20-9-21(29)18(24(30)31)12-28(20)23/h7-12,19,23H,4-6,13H2,1-3H3,(H,26,27)(H,30,31)/t19-,23?/m1/s1. The molecular weight excluding hydrogens is 438 g/mol. The van der Waals surface area contributed by atoms with E-state index in [-0.39, 0.29) is 17.5 Å². The van der Waals surface area contributed by atoms with Crippen LogP contribution in [0.25, 0.3) is 22.4 Å². The van der Waals surface area contributed by atoms with Crippen LogP contribution < -0.4 is 10.2 Å². The Hall–Kier alpha value is -3.43. The predicted octanol–water partition coefficient (Wildman–Crippen LogP) is 3.47. The molecule has 2 aliphatic rings. The molecule has 3 aromatic rings. The number of H-pyrrole nitrogens is 1. The van der Waals surface area contributed by atoms with Gasteiger partial charge in [-0.1, -0.05) is 0 Å². The van der Waals surface area contributed by atoms with Crippen LogP contribution >= 0.6 is 0 Å². The minimum atomic E-state index is -1.24. The molecule has 1 saturated heterocycles. The number of hydrogen-bond acceptors (Lipinski definition) is 6. The summed E-state index contributed by atoms with van der Waals surface area (Å²) in [5.41, 5.74) is 2.91. The van der Waals surface area contributed by atoms with Gasteiger partial charge in [-0.3, -0.25) is 9.89 Å². The number of carboxylic acids is 1. The highest BCUT2D eigenvalue weighted by Gasteiger charge is 2.49. The van der Waals surface area contributed by atoms with E-state index in [1.54, 1.807) is 19.5 Å². The SMILES string of the molecule is COCCCOc1cc2c(cc1-c1cn[nH]c1)-c1cc(=O)c(C(=O)O)cn1C1[C@@H]2COC1(C)C. The Bertz CT molecular complexity index is 1290. The molecular formula is C25H27N3O6. The predicted molar refractivity (Wildman–Crippen MR) is 124 cm³/mol. The van der Waals surface area contributed by atoms with Crippen molar-refractivity contribution in [1.29, 1.82) is 0 Å². The number of pyridine rings is 1. The molecule has 34 heavy (non-hydrogen) atoms. The number of nitrogens with one attached hydrogen (secondary N) is 1. The van der Waals surface area contributed by atoms with Crippen molar-refractivity contribution in [1.82, 2.24) is 14.8 Å². The van der Waals surface area contributed by atoms with Crippen molar-refractivity contribution in [3.8, 4) is 28.1 Å². The van der Waals surface area contributed by atoms with Crippen molar-refractivity contribution in [3.05, 3.63) is 58.1 Å². The van der Waals surface area contributed by atoms with Gasteiger partial charge in [0.1, 0.15) is 11.3 Å². The average molecular weight is 466 g/mol. The lowest BCUT2D eigenvalue weighted by Gasteiger charge is -2.38. The van der Waals surface area contributed by atoms with Gasteiger partial charge < -0.3 is 23.9 Å². The van der Waals surface area contributed by atoms with Crippen LogP contribution in [-0.4, -0.2) is 58.4 Å². The van der Waals surface area contributed by atoms with Gasteiger partial charge in [-0.15, -0.1) is 0 Å². The monoisotopic (exact) mass is 465 g/mol. The topological polar surface area (TPSA) is 116 Å². The zero-order chi connectivity index (χ0) is 24.0. The maximum atomic E-state index is 12.7. The molecule has 0 spiro atoms. The number of aromatic carboxylic acids is 1. The number of methoxy groups -OCH3 is 1. The summed E-state index contributed by atoms with van der Waals surface area (Å²) in [6.07, 6.45) is 5.72. The van der Waals surface area contributed by atoms with Crippen molar-refractivity contribution in [2.24, 2.45) is 0 Å². The first-order valence-electron chi connectivity index (χ1n) is 11.2. The highest BCUT2D eigenvalue weighted by atomic mass is 16.5. The van der Waals surface area contributed by atoms with E-state index in [1.807, 2.05) is 30.5 Å². The van der Waals surface area contributed by atoms with Crippen LogP contribution in [0, 0.1) is 0 Å². The van der Waals surface area contributed by atoms with Crippen molar-refractivity contribution < 1.29 is 24.1 Å². The van der Waals surface area contributed by atoms with E-state index < -0.39 is 17.0 Å². The van der Waals surface area contributed by atoms with Gasteiger partial charge in [-0.05, 0) is 31.5 Å². The Balaban J connectivity index is 1.72. The molecule has 1 aromatic carbocycles. The molecule has 5 rings (SSSR count). The number of ether oxygens (including phenoxy) is 3. The highest BCUT2D eigenvalue weighted by Crippen LogP contribution is 2.54. The van der Waals surface area contributed by atoms with Gasteiger partial charge in [-0.2, -0.15) is 5.10 Å². The second kappa shape index (κ2) is 8.41. The Morgan fingerprint density at radius 3 is 2.82 bits per heavy atom. The Morgan fingerprint density at radius 2 is 2.12 bits per heavy atom. The number of rotatable bonds is 7. The summed E-state index contributed by atoms with van der Waals surface area (Å²) < 4.78 is 19.4. The zero-order valence-corrected chi connectivity index (χ0v) is 19.3. The van der Waals surface area contributed by atoms with E-state index >= 15 is 0 Å². The molecule has 9 nitrogen and oxygen atoms in total. The molecule has 2 N–H and O–H groups in total. The number of carboxylic acid groups (broad SMARTS) is 1. The molecule has 2 aliphatic heterocycles. The van der Waals surface area contributed by atoms with E-state index in [0.29, 0.717) is 25.5 Å². The first-order valence-corrected chi connectivity index (χ1v) is 11.2. The third-order valence-corrected chi connectivity index (χ3v) is 6.72. The average Bonchev–Trinajstić information content (AvgIpc) is 3.44. The fourth-order valence-electron chi connectivity index (χ4n) is 5.16. The molecule has 4 heterocycles. The van der Waals surface area contributed by atoms with E-state index in [1.165, 1.54) is 12.3 Å². The van der Waals surface area contributed by atoms with Crippen LogP contribution in [0.1, 0.15) is 48.1 Å². The van der Waals surface area contributed by atoms with Crippen LogP contribution in [0.15, 0.2) is 41.6 Å². The lowest BCUT2D eigenvalue weighted by Crippen LogP contribution is -2.36. The van der Waals surface area contributed by atoms with E-state index in [2.05, 4.69) is 10.2 Å². The van der Waals surface area contributed by atoms with E-state index in [0.717, 1.165) is 34.4 Å². The molecule has 2 atom stereocenters. The largest absolute Gasteiger partial charge is 0.493 e. The van der Waals surface area contributed by atoms with Crippen LogP contribution in [0.2, 0.25) is 0 Å². The number of aromatic amines is 1. The van der Waals surface area contributed by atoms with Gasteiger partial charge in [0, 0.05) is 61.2 Å². The smallest absolute Gasteiger partial charge is 0.341 e. The first kappa shape index (κ1) is 22.4. The molecule has 0 amide bonds. The molecule has 1 unspecified atom stereocenters. The molecule has 0 bridgehead atoms. The summed E-state index contributed by atoms with van der Waals surface area (Å²) in [7, 11) is 1.66. The summed E-state index contributed by atoms with van der Waals surface area (Å²) in [5, 5.41) is 16.5. The number of hydrogen-bond donors (Lipinski definition) is 2. The lowest BCUT2D eigenvalue weighted by atomic mass is 9.78. The molecule has 0 saturated carbocycles. The molecule has 1 fully saturated rings. The Labute approximate surface area is 196 Å². The summed E-state index contributed by atoms with van der Waals surface area (Å²) in [6.45, 7) is 5.55. The van der Waals surface area contributed by atoms with E-state index in [4.69, 9.17) is 14.2 Å². The van der Waals surface area contributed by atoms with Gasteiger partial charge in [0.05, 0.1) is 36.7 Å². The third kappa shape index (κ3) is 3.61. The number of aromatic nitrogens is 3. The van der Waals surface area contributed by atoms with Gasteiger partial charge in [-0.25, -0.2) is 4.79 Å². The number of nitrogens with zero attached hydrogens (tertiary/aromatic N) is 2. The number of fused-ring (bicyclic) bond motifs is 6. The van der Waals surface area contributed by atoms with Crippen molar-refractivity contribution in [3.63, 3.8) is 0 Å². The Morgan fingerprint density at radius 1 is 1.29 bits per heavy atom. The van der Waals surface area contributed by atoms with Crippen LogP contribution in [0.5, 0.6) is 5.75 Å². The summed E-state index contributed by atoms with van der Waals surface area (Å²) in [5.74, 6) is -0.544. The highest BCUT2D eigenvalue weighted by molar-refractivity contribution is 5.88. The summed E-state index contributed by atoms with van der Waals surface area (Å²) in [4.78, 5) is 24.4. The van der Waals surface area contributed by atoms with Crippen LogP contribution in [0.4, 0.5) is 0 Å². The van der Waals surface area contributed by atoms with Crippen LogP contribution in [-0.2, 0) is 9.47 Å². The van der Waals surface area contributed by atoms with Gasteiger partial charge >= 0.3 is 5.97 Å². The first-order chi connectivity index (χ1) is 16.3. The van der Waals surface area contributed by atoms with Crippen LogP contribution in [0.3, 0.4) is 0 Å². The molecule has 0 radical (unpaired) electrons. The number of benzene rings is 1. The summed E-state index contributed by atoms with van der Waals surface area (Å²) in [6, 6.07) is 5.28. The van der Waals surface area contributed by atoms with Gasteiger partial charge in [0.25, 0.3) is 0 Å². The van der Waals surface area contributed by atoms with E-state index in [9.17, 15) is 14.7 Å². The summed E-state index contributed by atoms with van der Waals surface area (Å²) >= 11 is 0. The lowest BCUT2D eigenvalue weighted by molar-refractivity contribution is 0.0145. The molecule has 9 heteroatoms. The Kier molecular flexibility index (Phi) is 5.53. The minimum absolute atomic E-state index is 0.0265.